The SMILES string of the molecule is COc1cccc(OCC(C)CNC2CC2)c1. The summed E-state index contributed by atoms with van der Waals surface area (Å²) in [6, 6.07) is 8.52. The van der Waals surface area contributed by atoms with Crippen molar-refractivity contribution in [1.82, 2.24) is 5.32 Å². The lowest BCUT2D eigenvalue weighted by Crippen LogP contribution is -2.26. The Hall–Kier alpha value is -1.22. The molecule has 0 radical (unpaired) electrons. The standard InChI is InChI=1S/C14H21NO2/c1-11(9-15-12-6-7-12)10-17-14-5-3-4-13(8-14)16-2/h3-5,8,11-12,15H,6-7,9-10H2,1-2H3. The molecule has 0 spiro atoms. The van der Waals surface area contributed by atoms with Gasteiger partial charge in [-0.2, -0.15) is 0 Å². The molecule has 1 atom stereocenters. The largest absolute Gasteiger partial charge is 0.497 e. The molecular weight excluding hydrogens is 214 g/mol. The van der Waals surface area contributed by atoms with Gasteiger partial charge in [0.2, 0.25) is 0 Å². The summed E-state index contributed by atoms with van der Waals surface area (Å²) in [6.07, 6.45) is 2.67. The van der Waals surface area contributed by atoms with Crippen LogP contribution < -0.4 is 14.8 Å². The van der Waals surface area contributed by atoms with Crippen LogP contribution >= 0.6 is 0 Å². The molecule has 1 fully saturated rings. The Kier molecular flexibility index (Phi) is 4.26. The quantitative estimate of drug-likeness (QED) is 0.787. The topological polar surface area (TPSA) is 30.5 Å². The molecule has 2 rings (SSSR count). The van der Waals surface area contributed by atoms with E-state index in [9.17, 15) is 0 Å². The van der Waals surface area contributed by atoms with Gasteiger partial charge in [-0.1, -0.05) is 13.0 Å². The van der Waals surface area contributed by atoms with E-state index in [1.165, 1.54) is 12.8 Å². The minimum atomic E-state index is 0.529. The fraction of sp³-hybridized carbons (Fsp3) is 0.571. The van der Waals surface area contributed by atoms with Gasteiger partial charge in [-0.05, 0) is 25.0 Å². The maximum atomic E-state index is 5.74. The summed E-state index contributed by atoms with van der Waals surface area (Å²) in [6.45, 7) is 3.98. The first kappa shape index (κ1) is 12.2. The third-order valence-electron chi connectivity index (χ3n) is 2.91. The van der Waals surface area contributed by atoms with Crippen LogP contribution in [0.15, 0.2) is 24.3 Å². The summed E-state index contributed by atoms with van der Waals surface area (Å²) in [7, 11) is 1.67. The van der Waals surface area contributed by atoms with Gasteiger partial charge in [-0.15, -0.1) is 0 Å². The second kappa shape index (κ2) is 5.92. The molecule has 1 aliphatic carbocycles. The van der Waals surface area contributed by atoms with Gasteiger partial charge in [0.05, 0.1) is 13.7 Å². The molecule has 0 heterocycles. The van der Waals surface area contributed by atoms with Crippen molar-refractivity contribution in [3.8, 4) is 11.5 Å². The van der Waals surface area contributed by atoms with Crippen LogP contribution in [0.2, 0.25) is 0 Å². The van der Waals surface area contributed by atoms with E-state index in [1.54, 1.807) is 7.11 Å². The van der Waals surface area contributed by atoms with Gasteiger partial charge >= 0.3 is 0 Å². The van der Waals surface area contributed by atoms with Crippen LogP contribution in [0.4, 0.5) is 0 Å². The number of rotatable bonds is 7. The first-order valence-electron chi connectivity index (χ1n) is 6.28. The van der Waals surface area contributed by atoms with Gasteiger partial charge in [0.25, 0.3) is 0 Å². The lowest BCUT2D eigenvalue weighted by atomic mass is 10.2. The highest BCUT2D eigenvalue weighted by Gasteiger charge is 2.20. The Labute approximate surface area is 103 Å². The van der Waals surface area contributed by atoms with E-state index in [0.29, 0.717) is 5.92 Å². The first-order valence-corrected chi connectivity index (χ1v) is 6.28. The molecule has 0 aromatic heterocycles. The van der Waals surface area contributed by atoms with E-state index in [1.807, 2.05) is 24.3 Å². The molecule has 1 aromatic carbocycles. The summed E-state index contributed by atoms with van der Waals surface area (Å²) >= 11 is 0. The monoisotopic (exact) mass is 235 g/mol. The highest BCUT2D eigenvalue weighted by Crippen LogP contribution is 2.20. The maximum absolute atomic E-state index is 5.74. The van der Waals surface area contributed by atoms with Gasteiger partial charge in [-0.3, -0.25) is 0 Å². The predicted octanol–water partition coefficient (Wildman–Crippen LogP) is 2.46. The van der Waals surface area contributed by atoms with E-state index in [2.05, 4.69) is 12.2 Å². The molecule has 0 aliphatic heterocycles. The van der Waals surface area contributed by atoms with Crippen LogP contribution in [0.5, 0.6) is 11.5 Å². The number of hydrogen-bond donors (Lipinski definition) is 1. The average molecular weight is 235 g/mol. The molecule has 3 heteroatoms. The Balaban J connectivity index is 1.71. The highest BCUT2D eigenvalue weighted by molar-refractivity contribution is 5.32. The zero-order valence-corrected chi connectivity index (χ0v) is 10.6. The van der Waals surface area contributed by atoms with Crippen molar-refractivity contribution in [3.05, 3.63) is 24.3 Å². The number of nitrogens with one attached hydrogen (secondary N) is 1. The van der Waals surface area contributed by atoms with Crippen LogP contribution in [0.25, 0.3) is 0 Å². The van der Waals surface area contributed by atoms with Gasteiger partial charge < -0.3 is 14.8 Å². The smallest absolute Gasteiger partial charge is 0.122 e. The Bertz CT molecular complexity index is 350. The Morgan fingerprint density at radius 1 is 1.35 bits per heavy atom. The minimum Gasteiger partial charge on any atom is -0.497 e. The normalized spacial score (nSPS) is 16.6. The predicted molar refractivity (Wildman–Crippen MR) is 68.7 cm³/mol. The number of methoxy groups -OCH3 is 1. The van der Waals surface area contributed by atoms with Crippen molar-refractivity contribution in [2.24, 2.45) is 5.92 Å². The van der Waals surface area contributed by atoms with Gasteiger partial charge in [0.15, 0.2) is 0 Å². The minimum absolute atomic E-state index is 0.529. The number of benzene rings is 1. The van der Waals surface area contributed by atoms with E-state index >= 15 is 0 Å². The van der Waals surface area contributed by atoms with E-state index < -0.39 is 0 Å². The molecular formula is C14H21NO2. The van der Waals surface area contributed by atoms with Crippen LogP contribution in [-0.2, 0) is 0 Å². The Morgan fingerprint density at radius 2 is 2.12 bits per heavy atom. The van der Waals surface area contributed by atoms with Gasteiger partial charge in [0, 0.05) is 24.6 Å². The summed E-state index contributed by atoms with van der Waals surface area (Å²) < 4.78 is 10.9. The number of ether oxygens (including phenoxy) is 2. The molecule has 1 unspecified atom stereocenters. The number of hydrogen-bond acceptors (Lipinski definition) is 3. The fourth-order valence-corrected chi connectivity index (χ4v) is 1.64. The van der Waals surface area contributed by atoms with Crippen molar-refractivity contribution < 1.29 is 9.47 Å². The molecule has 0 saturated heterocycles. The second-order valence-corrected chi connectivity index (χ2v) is 4.78. The van der Waals surface area contributed by atoms with Crippen LogP contribution in [-0.4, -0.2) is 26.3 Å². The summed E-state index contributed by atoms with van der Waals surface area (Å²) in [4.78, 5) is 0. The van der Waals surface area contributed by atoms with Crippen LogP contribution in [0.3, 0.4) is 0 Å². The first-order chi connectivity index (χ1) is 8.28. The molecule has 1 aromatic rings. The molecule has 17 heavy (non-hydrogen) atoms. The van der Waals surface area contributed by atoms with Crippen molar-refractivity contribution in [3.63, 3.8) is 0 Å². The molecule has 0 bridgehead atoms. The highest BCUT2D eigenvalue weighted by atomic mass is 16.5. The summed E-state index contributed by atoms with van der Waals surface area (Å²) in [5.41, 5.74) is 0. The Morgan fingerprint density at radius 3 is 2.82 bits per heavy atom. The van der Waals surface area contributed by atoms with E-state index in [-0.39, 0.29) is 0 Å². The van der Waals surface area contributed by atoms with Gasteiger partial charge in [-0.25, -0.2) is 0 Å². The zero-order valence-electron chi connectivity index (χ0n) is 10.6. The second-order valence-electron chi connectivity index (χ2n) is 4.78. The molecule has 1 saturated carbocycles. The lowest BCUT2D eigenvalue weighted by Gasteiger charge is -2.14. The molecule has 3 nitrogen and oxygen atoms in total. The van der Waals surface area contributed by atoms with Crippen molar-refractivity contribution >= 4 is 0 Å². The van der Waals surface area contributed by atoms with Crippen LogP contribution in [0, 0.1) is 5.92 Å². The zero-order chi connectivity index (χ0) is 12.1. The molecule has 1 aliphatic rings. The lowest BCUT2D eigenvalue weighted by molar-refractivity contribution is 0.254. The van der Waals surface area contributed by atoms with E-state index in [0.717, 1.165) is 30.7 Å². The summed E-state index contributed by atoms with van der Waals surface area (Å²) in [5.74, 6) is 2.25. The fourth-order valence-electron chi connectivity index (χ4n) is 1.64. The third-order valence-corrected chi connectivity index (χ3v) is 2.91. The molecule has 94 valence electrons. The van der Waals surface area contributed by atoms with Crippen LogP contribution in [0.1, 0.15) is 19.8 Å². The van der Waals surface area contributed by atoms with E-state index in [4.69, 9.17) is 9.47 Å². The van der Waals surface area contributed by atoms with Crippen molar-refractivity contribution in [2.45, 2.75) is 25.8 Å². The average Bonchev–Trinajstić information content (AvgIpc) is 3.18. The maximum Gasteiger partial charge on any atom is 0.122 e. The summed E-state index contributed by atoms with van der Waals surface area (Å²) in [5, 5.41) is 3.51. The third kappa shape index (κ3) is 4.27. The molecule has 1 N–H and O–H groups in total. The van der Waals surface area contributed by atoms with Gasteiger partial charge in [0.1, 0.15) is 11.5 Å². The molecule has 0 amide bonds. The van der Waals surface area contributed by atoms with Crippen molar-refractivity contribution in [2.75, 3.05) is 20.3 Å². The van der Waals surface area contributed by atoms with Crippen molar-refractivity contribution in [1.29, 1.82) is 0 Å².